The maximum absolute atomic E-state index is 13.0. The highest BCUT2D eigenvalue weighted by molar-refractivity contribution is 8.00. The zero-order chi connectivity index (χ0) is 18.0. The van der Waals surface area contributed by atoms with Gasteiger partial charge in [-0.15, -0.1) is 5.53 Å². The van der Waals surface area contributed by atoms with E-state index in [0.717, 1.165) is 23.4 Å². The molecule has 8 nitrogen and oxygen atoms in total. The fraction of sp³-hybridized carbons (Fsp3) is 0. The number of halogens is 1. The maximum atomic E-state index is 13.0. The van der Waals surface area contributed by atoms with Crippen molar-refractivity contribution in [1.82, 2.24) is 16.0 Å². The van der Waals surface area contributed by atoms with Crippen LogP contribution in [0.1, 0.15) is 5.76 Å². The summed E-state index contributed by atoms with van der Waals surface area (Å²) >= 11 is 0. The first-order chi connectivity index (χ1) is 11.9. The Morgan fingerprint density at radius 2 is 1.96 bits per heavy atom. The molecule has 0 saturated heterocycles. The second kappa shape index (κ2) is 6.42. The molecule has 0 aromatic carbocycles. The van der Waals surface area contributed by atoms with Gasteiger partial charge in [0.2, 0.25) is 15.6 Å². The molecular formula is C15H12FN3O5S. The van der Waals surface area contributed by atoms with Gasteiger partial charge < -0.3 is 14.9 Å². The first-order valence-electron chi connectivity index (χ1n) is 6.90. The van der Waals surface area contributed by atoms with Gasteiger partial charge in [-0.3, -0.25) is 4.79 Å². The number of aliphatic hydroxyl groups is 1. The predicted molar refractivity (Wildman–Crippen MR) is 85.8 cm³/mol. The van der Waals surface area contributed by atoms with Crippen LogP contribution in [-0.4, -0.2) is 24.4 Å². The van der Waals surface area contributed by atoms with Crippen LogP contribution >= 0.6 is 0 Å². The van der Waals surface area contributed by atoms with E-state index in [-0.39, 0.29) is 5.76 Å². The lowest BCUT2D eigenvalue weighted by atomic mass is 10.3. The van der Waals surface area contributed by atoms with Crippen LogP contribution in [-0.2, 0) is 14.6 Å². The van der Waals surface area contributed by atoms with Gasteiger partial charge in [-0.2, -0.15) is 0 Å². The predicted octanol–water partition coefficient (Wildman–Crippen LogP) is 1.39. The van der Waals surface area contributed by atoms with Gasteiger partial charge in [0.25, 0.3) is 5.91 Å². The molecule has 10 heteroatoms. The molecule has 0 atom stereocenters. The molecule has 25 heavy (non-hydrogen) atoms. The summed E-state index contributed by atoms with van der Waals surface area (Å²) in [5, 5.41) is 10.5. The fourth-order valence-corrected chi connectivity index (χ4v) is 3.31. The third-order valence-corrected chi connectivity index (χ3v) is 5.07. The zero-order valence-electron chi connectivity index (χ0n) is 12.5. The van der Waals surface area contributed by atoms with Crippen LogP contribution in [0.2, 0.25) is 0 Å². The highest BCUT2D eigenvalue weighted by atomic mass is 32.2. The molecule has 0 unspecified atom stereocenters. The zero-order valence-corrected chi connectivity index (χ0v) is 13.3. The van der Waals surface area contributed by atoms with Gasteiger partial charge in [0, 0.05) is 18.5 Å². The first kappa shape index (κ1) is 16.7. The Balaban J connectivity index is 0.000000170. The second-order valence-corrected chi connectivity index (χ2v) is 6.83. The molecule has 0 spiro atoms. The van der Waals surface area contributed by atoms with Crippen molar-refractivity contribution in [3.63, 3.8) is 0 Å². The van der Waals surface area contributed by atoms with Gasteiger partial charge in [0.05, 0.1) is 22.1 Å². The van der Waals surface area contributed by atoms with E-state index < -0.39 is 27.3 Å². The normalized spacial score (nSPS) is 19.2. The molecule has 1 aromatic rings. The Morgan fingerprint density at radius 1 is 1.28 bits per heavy atom. The first-order valence-corrected chi connectivity index (χ1v) is 8.38. The van der Waals surface area contributed by atoms with Crippen molar-refractivity contribution in [1.29, 1.82) is 0 Å². The largest absolute Gasteiger partial charge is 0.504 e. The molecule has 3 aliphatic rings. The third-order valence-electron chi connectivity index (χ3n) is 3.28. The number of hydrogen-bond donors (Lipinski definition) is 3. The Hall–Kier alpha value is -3.11. The summed E-state index contributed by atoms with van der Waals surface area (Å²) in [7, 11) is -2.98. The molecule has 4 rings (SSSR count). The number of carbonyl (C=O) groups is 1. The van der Waals surface area contributed by atoms with E-state index in [1.165, 1.54) is 12.4 Å². The van der Waals surface area contributed by atoms with E-state index in [1.54, 1.807) is 24.3 Å². The number of rotatable bonds is 2. The average Bonchev–Trinajstić information content (AvgIpc) is 3.34. The molecule has 4 heterocycles. The fourth-order valence-electron chi connectivity index (χ4n) is 2.05. The monoisotopic (exact) mass is 365 g/mol. The number of hydrogen-bond acceptors (Lipinski definition) is 7. The van der Waals surface area contributed by atoms with E-state index in [2.05, 4.69) is 15.4 Å². The van der Waals surface area contributed by atoms with E-state index >= 15 is 0 Å². The lowest BCUT2D eigenvalue weighted by Crippen LogP contribution is -2.39. The number of allylic oxidation sites excluding steroid dienone is 4. The van der Waals surface area contributed by atoms with Crippen LogP contribution in [0.5, 0.6) is 0 Å². The van der Waals surface area contributed by atoms with E-state index in [1.807, 2.05) is 0 Å². The molecule has 3 aliphatic heterocycles. The van der Waals surface area contributed by atoms with Crippen molar-refractivity contribution >= 4 is 21.5 Å². The molecule has 1 amide bonds. The molecule has 130 valence electrons. The number of furan rings is 1. The number of nitrogens with zero attached hydrogens (tertiary/aromatic N) is 1. The van der Waals surface area contributed by atoms with Crippen molar-refractivity contribution < 1.29 is 27.1 Å². The second-order valence-electron chi connectivity index (χ2n) is 4.88. The maximum Gasteiger partial charge on any atom is 0.270 e. The summed E-state index contributed by atoms with van der Waals surface area (Å²) in [6.07, 6.45) is 11.3. The van der Waals surface area contributed by atoms with Crippen LogP contribution in [0.15, 0.2) is 69.3 Å². The van der Waals surface area contributed by atoms with Crippen LogP contribution in [0.4, 0.5) is 4.39 Å². The summed E-state index contributed by atoms with van der Waals surface area (Å²) in [6.45, 7) is 0. The number of carbonyl (C=O) groups excluding carboxylic acids is 1. The van der Waals surface area contributed by atoms with Crippen molar-refractivity contribution in [3.8, 4) is 0 Å². The standard InChI is InChI=1S/C9H8FN3O3.C6H4O2S/c10-6-1-4-16-9(6)7(14)5-8(15)13-3-2-11-12-13;7-9(8)5-1-2-6(9)4-3-5/h1-5,11-12,14H;1-4H. The highest BCUT2D eigenvalue weighted by Crippen LogP contribution is 2.32. The minimum Gasteiger partial charge on any atom is -0.504 e. The van der Waals surface area contributed by atoms with Gasteiger partial charge in [0.1, 0.15) is 0 Å². The summed E-state index contributed by atoms with van der Waals surface area (Å²) < 4.78 is 39.5. The third kappa shape index (κ3) is 3.25. The van der Waals surface area contributed by atoms with Crippen molar-refractivity contribution in [2.45, 2.75) is 0 Å². The van der Waals surface area contributed by atoms with Gasteiger partial charge in [-0.05, 0) is 24.3 Å². The lowest BCUT2D eigenvalue weighted by Gasteiger charge is -2.10. The SMILES string of the molecule is O=C(C=C(O)c1occc1F)N1C=CNN1.O=S1(=O)C2=CC=C1C=C2. The Kier molecular flexibility index (Phi) is 4.30. The van der Waals surface area contributed by atoms with Gasteiger partial charge >= 0.3 is 0 Å². The van der Waals surface area contributed by atoms with E-state index in [9.17, 15) is 22.7 Å². The van der Waals surface area contributed by atoms with Crippen LogP contribution in [0.3, 0.4) is 0 Å². The molecule has 0 radical (unpaired) electrons. The Morgan fingerprint density at radius 3 is 2.36 bits per heavy atom. The Labute approximate surface area is 141 Å². The number of hydrazine groups is 2. The Bertz CT molecular complexity index is 941. The van der Waals surface area contributed by atoms with E-state index in [4.69, 9.17) is 0 Å². The van der Waals surface area contributed by atoms with Crippen molar-refractivity contribution in [3.05, 3.63) is 76.5 Å². The number of sulfone groups is 1. The van der Waals surface area contributed by atoms with Gasteiger partial charge in [0.15, 0.2) is 11.6 Å². The van der Waals surface area contributed by atoms with E-state index in [0.29, 0.717) is 9.81 Å². The topological polar surface area (TPSA) is 112 Å². The van der Waals surface area contributed by atoms with Crippen molar-refractivity contribution in [2.75, 3.05) is 0 Å². The summed E-state index contributed by atoms with van der Waals surface area (Å²) in [5.41, 5.74) is 5.00. The number of amides is 1. The molecule has 0 aliphatic carbocycles. The minimum atomic E-state index is -2.98. The highest BCUT2D eigenvalue weighted by Gasteiger charge is 2.28. The van der Waals surface area contributed by atoms with Gasteiger partial charge in [-0.25, -0.2) is 17.8 Å². The number of nitrogens with one attached hydrogen (secondary N) is 2. The number of aliphatic hydroxyl groups excluding tert-OH is 1. The number of fused-ring (bicyclic) bond motifs is 2. The smallest absolute Gasteiger partial charge is 0.270 e. The minimum absolute atomic E-state index is 0.371. The summed E-state index contributed by atoms with van der Waals surface area (Å²) in [5.74, 6) is -2.25. The lowest BCUT2D eigenvalue weighted by molar-refractivity contribution is -0.125. The molecule has 2 bridgehead atoms. The van der Waals surface area contributed by atoms with Gasteiger partial charge in [-0.1, -0.05) is 0 Å². The molecular weight excluding hydrogens is 353 g/mol. The molecule has 3 N–H and O–H groups in total. The molecule has 0 saturated carbocycles. The van der Waals surface area contributed by atoms with Crippen LogP contribution in [0.25, 0.3) is 5.76 Å². The summed E-state index contributed by atoms with van der Waals surface area (Å²) in [4.78, 5) is 12.3. The van der Waals surface area contributed by atoms with Crippen molar-refractivity contribution in [2.24, 2.45) is 0 Å². The summed E-state index contributed by atoms with van der Waals surface area (Å²) in [6, 6.07) is 1.04. The van der Waals surface area contributed by atoms with Crippen LogP contribution in [0, 0.1) is 5.82 Å². The molecule has 0 fully saturated rings. The molecule has 1 aromatic heterocycles. The van der Waals surface area contributed by atoms with Crippen LogP contribution < -0.4 is 11.0 Å². The average molecular weight is 365 g/mol. The quantitative estimate of drug-likeness (QED) is 0.536.